The van der Waals surface area contributed by atoms with E-state index in [0.29, 0.717) is 24.0 Å². The van der Waals surface area contributed by atoms with Crippen molar-refractivity contribution in [3.05, 3.63) is 11.6 Å². The Bertz CT molecular complexity index is 928. The highest BCUT2D eigenvalue weighted by Crippen LogP contribution is 2.83. The van der Waals surface area contributed by atoms with Crippen molar-refractivity contribution in [2.24, 2.45) is 57.7 Å². The molecular formula is C26H32O3. The molecule has 0 aromatic heterocycles. The zero-order chi connectivity index (χ0) is 19.6. The van der Waals surface area contributed by atoms with Gasteiger partial charge in [0.15, 0.2) is 5.78 Å². The van der Waals surface area contributed by atoms with E-state index >= 15 is 0 Å². The first-order valence-corrected chi connectivity index (χ1v) is 12.3. The van der Waals surface area contributed by atoms with E-state index in [1.54, 1.807) is 5.57 Å². The largest absolute Gasteiger partial charge is 0.458 e. The molecule has 3 nitrogen and oxygen atoms in total. The fourth-order valence-electron chi connectivity index (χ4n) is 10.7. The van der Waals surface area contributed by atoms with Crippen molar-refractivity contribution in [1.29, 1.82) is 0 Å². The van der Waals surface area contributed by atoms with Crippen LogP contribution in [0.2, 0.25) is 0 Å². The maximum absolute atomic E-state index is 12.9. The van der Waals surface area contributed by atoms with Gasteiger partial charge in [0, 0.05) is 23.2 Å². The third-order valence-electron chi connectivity index (χ3n) is 12.0. The second-order valence-corrected chi connectivity index (χ2v) is 12.9. The lowest BCUT2D eigenvalue weighted by Gasteiger charge is -2.60. The normalized spacial score (nSPS) is 61.9. The molecule has 3 heteroatoms. The van der Waals surface area contributed by atoms with Crippen LogP contribution in [-0.2, 0) is 14.3 Å². The number of allylic oxidation sites excluding steroid dienone is 1. The molecule has 7 fully saturated rings. The SMILES string of the molecule is C[C@]12CC3(CC3)C(=O)C=C1[C@H]1C[C@H]1C1C2CC[C@@]2(C)C1[C@@H]1C[C@@H]1C21CCC(=O)O1. The molecule has 7 aliphatic carbocycles. The van der Waals surface area contributed by atoms with Crippen molar-refractivity contribution in [3.8, 4) is 0 Å². The lowest BCUT2D eigenvalue weighted by atomic mass is 9.44. The molecule has 0 N–H and O–H groups in total. The van der Waals surface area contributed by atoms with Crippen molar-refractivity contribution in [1.82, 2.24) is 0 Å². The summed E-state index contributed by atoms with van der Waals surface area (Å²) >= 11 is 0. The van der Waals surface area contributed by atoms with Crippen LogP contribution in [0.1, 0.15) is 71.6 Å². The minimum absolute atomic E-state index is 0.0191. The maximum Gasteiger partial charge on any atom is 0.306 e. The average Bonchev–Trinajstić information content (AvgIpc) is 3.58. The van der Waals surface area contributed by atoms with Crippen molar-refractivity contribution < 1.29 is 14.3 Å². The Morgan fingerprint density at radius 2 is 1.83 bits per heavy atom. The van der Waals surface area contributed by atoms with Crippen LogP contribution in [-0.4, -0.2) is 17.4 Å². The molecule has 0 radical (unpaired) electrons. The summed E-state index contributed by atoms with van der Waals surface area (Å²) < 4.78 is 6.26. The molecule has 0 aromatic rings. The average molecular weight is 393 g/mol. The molecule has 2 spiro atoms. The molecule has 0 bridgehead atoms. The molecular weight excluding hydrogens is 360 g/mol. The standard InChI is InChI=1S/C26H32O3/c1-23-12-25(7-8-25)19(27)11-17(23)13-9-14(13)21-16(23)3-5-24(2)22(21)15-10-18(15)26(24)6-4-20(28)29-26/h11,13-16,18,21-22H,3-10,12H2,1-2H3/t13-,14+,15+,16?,18-,21?,22?,23+,24-,26?/m0/s1. The molecule has 1 heterocycles. The van der Waals surface area contributed by atoms with Crippen molar-refractivity contribution in [3.63, 3.8) is 0 Å². The highest BCUT2D eigenvalue weighted by atomic mass is 16.6. The third kappa shape index (κ3) is 1.60. The summed E-state index contributed by atoms with van der Waals surface area (Å²) in [6, 6.07) is 0. The van der Waals surface area contributed by atoms with Crippen molar-refractivity contribution in [2.45, 2.75) is 77.2 Å². The van der Waals surface area contributed by atoms with E-state index in [1.165, 1.54) is 25.7 Å². The zero-order valence-electron chi connectivity index (χ0n) is 17.7. The highest BCUT2D eigenvalue weighted by molar-refractivity contribution is 5.99. The first kappa shape index (κ1) is 16.6. The first-order valence-electron chi connectivity index (χ1n) is 12.3. The second kappa shape index (κ2) is 4.41. The molecule has 0 aromatic carbocycles. The number of fused-ring (bicyclic) bond motifs is 12. The van der Waals surface area contributed by atoms with Crippen LogP contribution in [0.25, 0.3) is 0 Å². The number of ketones is 1. The first-order chi connectivity index (χ1) is 13.8. The molecule has 0 amide bonds. The van der Waals surface area contributed by atoms with Gasteiger partial charge in [-0.25, -0.2) is 0 Å². The van der Waals surface area contributed by atoms with E-state index in [-0.39, 0.29) is 27.8 Å². The molecule has 8 aliphatic rings. The predicted molar refractivity (Wildman–Crippen MR) is 107 cm³/mol. The number of esters is 1. The Morgan fingerprint density at radius 1 is 1.00 bits per heavy atom. The van der Waals surface area contributed by atoms with Gasteiger partial charge in [0.05, 0.1) is 0 Å². The molecule has 1 aliphatic heterocycles. The van der Waals surface area contributed by atoms with Crippen LogP contribution >= 0.6 is 0 Å². The zero-order valence-corrected chi connectivity index (χ0v) is 17.7. The summed E-state index contributed by atoms with van der Waals surface area (Å²) in [6.07, 6.45) is 12.3. The van der Waals surface area contributed by atoms with Crippen molar-refractivity contribution in [2.75, 3.05) is 0 Å². The number of carbonyl (C=O) groups is 2. The fraction of sp³-hybridized carbons (Fsp3) is 0.846. The Labute approximate surface area is 173 Å². The highest BCUT2D eigenvalue weighted by Gasteiger charge is 2.81. The van der Waals surface area contributed by atoms with Crippen LogP contribution in [0.3, 0.4) is 0 Å². The molecule has 6 saturated carbocycles. The number of hydrogen-bond donors (Lipinski definition) is 0. The second-order valence-electron chi connectivity index (χ2n) is 12.9. The van der Waals surface area contributed by atoms with Gasteiger partial charge in [-0.1, -0.05) is 19.4 Å². The van der Waals surface area contributed by atoms with Crippen LogP contribution in [0.15, 0.2) is 11.6 Å². The van der Waals surface area contributed by atoms with Gasteiger partial charge < -0.3 is 4.74 Å². The topological polar surface area (TPSA) is 43.4 Å². The minimum atomic E-state index is -0.133. The quantitative estimate of drug-likeness (QED) is 0.562. The molecule has 154 valence electrons. The predicted octanol–water partition coefficient (Wildman–Crippen LogP) is 4.70. The number of ether oxygens (including phenoxy) is 1. The van der Waals surface area contributed by atoms with Gasteiger partial charge in [-0.2, -0.15) is 0 Å². The smallest absolute Gasteiger partial charge is 0.306 e. The summed E-state index contributed by atoms with van der Waals surface area (Å²) in [4.78, 5) is 25.1. The summed E-state index contributed by atoms with van der Waals surface area (Å²) in [7, 11) is 0. The molecule has 1 saturated heterocycles. The number of hydrogen-bond acceptors (Lipinski definition) is 3. The summed E-state index contributed by atoms with van der Waals surface area (Å²) in [5.74, 6) is 5.76. The van der Waals surface area contributed by atoms with Crippen LogP contribution in [0.4, 0.5) is 0 Å². The van der Waals surface area contributed by atoms with Gasteiger partial charge in [-0.3, -0.25) is 9.59 Å². The Hall–Kier alpha value is -1.12. The van der Waals surface area contributed by atoms with Gasteiger partial charge >= 0.3 is 5.97 Å². The Morgan fingerprint density at radius 3 is 2.55 bits per heavy atom. The summed E-state index contributed by atoms with van der Waals surface area (Å²) in [6.45, 7) is 5.06. The molecule has 8 rings (SSSR count). The summed E-state index contributed by atoms with van der Waals surface area (Å²) in [5, 5.41) is 0. The van der Waals surface area contributed by atoms with E-state index in [4.69, 9.17) is 4.74 Å². The van der Waals surface area contributed by atoms with Crippen LogP contribution in [0.5, 0.6) is 0 Å². The van der Waals surface area contributed by atoms with Gasteiger partial charge in [-0.15, -0.1) is 0 Å². The van der Waals surface area contributed by atoms with Gasteiger partial charge in [-0.05, 0) is 98.4 Å². The van der Waals surface area contributed by atoms with E-state index < -0.39 is 0 Å². The van der Waals surface area contributed by atoms with E-state index in [1.807, 2.05) is 0 Å². The monoisotopic (exact) mass is 392 g/mol. The minimum Gasteiger partial charge on any atom is -0.458 e. The third-order valence-corrected chi connectivity index (χ3v) is 12.0. The van der Waals surface area contributed by atoms with Gasteiger partial charge in [0.2, 0.25) is 0 Å². The van der Waals surface area contributed by atoms with Crippen LogP contribution < -0.4 is 0 Å². The molecule has 10 atom stereocenters. The lowest BCUT2D eigenvalue weighted by molar-refractivity contribution is -0.178. The Kier molecular flexibility index (Phi) is 2.52. The fourth-order valence-corrected chi connectivity index (χ4v) is 10.7. The van der Waals surface area contributed by atoms with Crippen molar-refractivity contribution >= 4 is 11.8 Å². The molecule has 4 unspecified atom stereocenters. The number of rotatable bonds is 0. The van der Waals surface area contributed by atoms with Gasteiger partial charge in [0.25, 0.3) is 0 Å². The maximum atomic E-state index is 12.9. The van der Waals surface area contributed by atoms with Gasteiger partial charge in [0.1, 0.15) is 5.60 Å². The van der Waals surface area contributed by atoms with E-state index in [9.17, 15) is 9.59 Å². The Balaban J connectivity index is 1.24. The van der Waals surface area contributed by atoms with E-state index in [0.717, 1.165) is 55.3 Å². The lowest BCUT2D eigenvalue weighted by Crippen LogP contribution is -2.58. The molecule has 29 heavy (non-hydrogen) atoms. The van der Waals surface area contributed by atoms with E-state index in [2.05, 4.69) is 19.9 Å². The van der Waals surface area contributed by atoms with Crippen LogP contribution in [0, 0.1) is 57.7 Å². The number of carbonyl (C=O) groups excluding carboxylic acids is 2. The summed E-state index contributed by atoms with van der Waals surface area (Å²) in [5.41, 5.74) is 1.89.